The molecule has 3 atom stereocenters. The molecule has 4 aromatic rings. The van der Waals surface area contributed by atoms with Crippen LogP contribution >= 0.6 is 0 Å². The average molecular weight is 554 g/mol. The number of fused-ring (bicyclic) bond motifs is 2. The molecule has 1 saturated carbocycles. The van der Waals surface area contributed by atoms with Crippen LogP contribution in [0.5, 0.6) is 11.6 Å². The number of aliphatic hydroxyl groups is 1. The van der Waals surface area contributed by atoms with Gasteiger partial charge in [0, 0.05) is 60.6 Å². The van der Waals surface area contributed by atoms with Crippen LogP contribution in [-0.2, 0) is 11.2 Å². The van der Waals surface area contributed by atoms with Crippen LogP contribution in [0.4, 0.5) is 5.82 Å². The minimum Gasteiger partial charge on any atom is -0.489 e. The number of nitrogens with zero attached hydrogens (tertiary/aromatic N) is 6. The van der Waals surface area contributed by atoms with Gasteiger partial charge in [-0.05, 0) is 37.6 Å². The van der Waals surface area contributed by atoms with E-state index in [0.29, 0.717) is 41.0 Å². The maximum atomic E-state index is 12.6. The van der Waals surface area contributed by atoms with Gasteiger partial charge in [0.05, 0.1) is 42.6 Å². The zero-order valence-electron chi connectivity index (χ0n) is 23.1. The second kappa shape index (κ2) is 10.4. The number of piperidine rings is 1. The Bertz CT molecular complexity index is 1610. The van der Waals surface area contributed by atoms with Crippen LogP contribution in [0.25, 0.3) is 16.6 Å². The third kappa shape index (κ3) is 5.51. The lowest BCUT2D eigenvalue weighted by molar-refractivity contribution is -0.120. The lowest BCUT2D eigenvalue weighted by Crippen LogP contribution is -2.35. The average Bonchev–Trinajstić information content (AvgIpc) is 3.29. The predicted octanol–water partition coefficient (Wildman–Crippen LogP) is 2.61. The molecule has 11 nitrogen and oxygen atoms in total. The first kappa shape index (κ1) is 26.5. The Morgan fingerprint density at radius 3 is 2.61 bits per heavy atom. The van der Waals surface area contributed by atoms with E-state index >= 15 is 0 Å². The first-order chi connectivity index (χ1) is 19.7. The Labute approximate surface area is 237 Å². The number of aromatic nitrogens is 4. The Kier molecular flexibility index (Phi) is 6.71. The van der Waals surface area contributed by atoms with Gasteiger partial charge >= 0.3 is 0 Å². The van der Waals surface area contributed by atoms with E-state index in [0.717, 1.165) is 35.6 Å². The first-order valence-corrected chi connectivity index (χ1v) is 13.5. The number of hydrogen-bond donors (Lipinski definition) is 2. The quantitative estimate of drug-likeness (QED) is 0.320. The highest BCUT2D eigenvalue weighted by Crippen LogP contribution is 2.46. The SMILES string of the molecule is COc1ccc(CC(=O)N[C@H]2[C@@H]3CN(c4ccc(-c5cc(OCC(C)(C)O)cn6ncc(C#N)c56)cn4)C[C@@H]32)cn1. The van der Waals surface area contributed by atoms with Crippen molar-refractivity contribution in [1.82, 2.24) is 24.9 Å². The maximum Gasteiger partial charge on any atom is 0.224 e. The molecule has 2 aliphatic rings. The lowest BCUT2D eigenvalue weighted by atomic mass is 10.1. The molecule has 6 rings (SSSR count). The molecule has 1 saturated heterocycles. The van der Waals surface area contributed by atoms with E-state index < -0.39 is 5.60 Å². The highest BCUT2D eigenvalue weighted by molar-refractivity contribution is 5.85. The molecule has 0 unspecified atom stereocenters. The van der Waals surface area contributed by atoms with Crippen molar-refractivity contribution < 1.29 is 19.4 Å². The van der Waals surface area contributed by atoms with E-state index in [1.165, 1.54) is 6.20 Å². The number of anilines is 1. The van der Waals surface area contributed by atoms with Gasteiger partial charge in [-0.3, -0.25) is 4.79 Å². The fourth-order valence-electron chi connectivity index (χ4n) is 5.46. The Morgan fingerprint density at radius 1 is 1.17 bits per heavy atom. The summed E-state index contributed by atoms with van der Waals surface area (Å²) in [6, 6.07) is 11.8. The standard InChI is InChI=1S/C30H31N7O4/c1-30(2,39)17-41-21-9-22(29-20(10-31)13-34-37(29)14-21)19-5-6-25(32-12-19)36-15-23-24(16-36)28(23)35-26(38)8-18-4-7-27(40-3)33-11-18/h4-7,9,11-14,23-24,28,39H,8,15-17H2,1-3H3,(H,35,38)/t23-,24+,28+. The van der Waals surface area contributed by atoms with E-state index in [2.05, 4.69) is 26.4 Å². The van der Waals surface area contributed by atoms with Crippen molar-refractivity contribution in [3.63, 3.8) is 0 Å². The number of carbonyl (C=O) groups is 1. The molecule has 5 heterocycles. The van der Waals surface area contributed by atoms with Gasteiger partial charge in [-0.1, -0.05) is 6.07 Å². The predicted molar refractivity (Wildman–Crippen MR) is 151 cm³/mol. The third-order valence-electron chi connectivity index (χ3n) is 7.58. The van der Waals surface area contributed by atoms with Gasteiger partial charge in [0.1, 0.15) is 24.2 Å². The van der Waals surface area contributed by atoms with Crippen molar-refractivity contribution in [3.8, 4) is 28.8 Å². The summed E-state index contributed by atoms with van der Waals surface area (Å²) in [5.74, 6) is 2.74. The zero-order chi connectivity index (χ0) is 28.7. The summed E-state index contributed by atoms with van der Waals surface area (Å²) in [5, 5.41) is 27.2. The number of nitriles is 1. The number of ether oxygens (including phenoxy) is 2. The van der Waals surface area contributed by atoms with Crippen molar-refractivity contribution in [2.45, 2.75) is 31.9 Å². The highest BCUT2D eigenvalue weighted by atomic mass is 16.5. The molecule has 1 aliphatic heterocycles. The minimum absolute atomic E-state index is 0.00193. The van der Waals surface area contributed by atoms with E-state index in [1.807, 2.05) is 24.3 Å². The summed E-state index contributed by atoms with van der Waals surface area (Å²) >= 11 is 0. The van der Waals surface area contributed by atoms with Crippen LogP contribution in [0.15, 0.2) is 55.1 Å². The van der Waals surface area contributed by atoms with E-state index in [9.17, 15) is 15.2 Å². The highest BCUT2D eigenvalue weighted by Gasteiger charge is 2.56. The summed E-state index contributed by atoms with van der Waals surface area (Å²) in [6.45, 7) is 5.12. The van der Waals surface area contributed by atoms with Crippen LogP contribution < -0.4 is 19.7 Å². The van der Waals surface area contributed by atoms with Gasteiger partial charge < -0.3 is 24.8 Å². The monoisotopic (exact) mass is 553 g/mol. The zero-order valence-corrected chi connectivity index (χ0v) is 23.1. The number of nitrogens with one attached hydrogen (secondary N) is 1. The molecule has 210 valence electrons. The van der Waals surface area contributed by atoms with Crippen molar-refractivity contribution in [3.05, 3.63) is 66.2 Å². The van der Waals surface area contributed by atoms with Gasteiger partial charge in [0.15, 0.2) is 0 Å². The molecule has 2 fully saturated rings. The topological polar surface area (TPSA) is 138 Å². The molecule has 0 spiro atoms. The molecule has 0 bridgehead atoms. The molecule has 0 radical (unpaired) electrons. The number of carbonyl (C=O) groups excluding carboxylic acids is 1. The first-order valence-electron chi connectivity index (χ1n) is 13.5. The van der Waals surface area contributed by atoms with Crippen molar-refractivity contribution in [2.75, 3.05) is 31.7 Å². The van der Waals surface area contributed by atoms with Gasteiger partial charge in [-0.2, -0.15) is 10.4 Å². The van der Waals surface area contributed by atoms with E-state index in [4.69, 9.17) is 14.5 Å². The normalized spacial score (nSPS) is 19.5. The van der Waals surface area contributed by atoms with Gasteiger partial charge in [0.25, 0.3) is 0 Å². The van der Waals surface area contributed by atoms with E-state index in [1.54, 1.807) is 50.1 Å². The second-order valence-electron chi connectivity index (χ2n) is 11.3. The number of methoxy groups -OCH3 is 1. The summed E-state index contributed by atoms with van der Waals surface area (Å²) < 4.78 is 12.5. The van der Waals surface area contributed by atoms with Crippen LogP contribution in [-0.4, -0.2) is 69.0 Å². The molecule has 1 amide bonds. The van der Waals surface area contributed by atoms with Crippen molar-refractivity contribution in [2.24, 2.45) is 11.8 Å². The van der Waals surface area contributed by atoms with Crippen LogP contribution in [0, 0.1) is 23.2 Å². The van der Waals surface area contributed by atoms with Gasteiger partial charge in [-0.25, -0.2) is 14.5 Å². The van der Waals surface area contributed by atoms with Crippen molar-refractivity contribution >= 4 is 17.2 Å². The number of rotatable bonds is 9. The molecule has 2 N–H and O–H groups in total. The Hall–Kier alpha value is -4.69. The molecule has 1 aliphatic carbocycles. The molecule has 0 aromatic carbocycles. The molecular formula is C30H31N7O4. The van der Waals surface area contributed by atoms with Crippen LogP contribution in [0.1, 0.15) is 25.0 Å². The van der Waals surface area contributed by atoms with Gasteiger partial charge in [0.2, 0.25) is 11.8 Å². The fourth-order valence-corrected chi connectivity index (χ4v) is 5.46. The molecule has 4 aromatic heterocycles. The summed E-state index contributed by atoms with van der Waals surface area (Å²) in [7, 11) is 1.56. The van der Waals surface area contributed by atoms with Gasteiger partial charge in [-0.15, -0.1) is 0 Å². The fraction of sp³-hybridized carbons (Fsp3) is 0.367. The third-order valence-corrected chi connectivity index (χ3v) is 7.58. The van der Waals surface area contributed by atoms with Crippen LogP contribution in [0.3, 0.4) is 0 Å². The molecule has 41 heavy (non-hydrogen) atoms. The molecule has 11 heteroatoms. The number of amides is 1. The smallest absolute Gasteiger partial charge is 0.224 e. The van der Waals surface area contributed by atoms with E-state index in [-0.39, 0.29) is 18.6 Å². The Morgan fingerprint density at radius 2 is 1.98 bits per heavy atom. The summed E-state index contributed by atoms with van der Waals surface area (Å²) in [4.78, 5) is 23.7. The lowest BCUT2D eigenvalue weighted by Gasteiger charge is -2.21. The Balaban J connectivity index is 1.11. The minimum atomic E-state index is -0.994. The summed E-state index contributed by atoms with van der Waals surface area (Å²) in [6.07, 6.45) is 6.99. The summed E-state index contributed by atoms with van der Waals surface area (Å²) in [5.41, 5.74) is 2.58. The number of hydrogen-bond acceptors (Lipinski definition) is 9. The largest absolute Gasteiger partial charge is 0.489 e. The second-order valence-corrected chi connectivity index (χ2v) is 11.3. The molecular weight excluding hydrogens is 522 g/mol. The number of pyridine rings is 3. The maximum absolute atomic E-state index is 12.6. The van der Waals surface area contributed by atoms with Crippen molar-refractivity contribution in [1.29, 1.82) is 5.26 Å². The van der Waals surface area contributed by atoms with Crippen LogP contribution in [0.2, 0.25) is 0 Å².